The number of nitrogens with zero attached hydrogens (tertiary/aromatic N) is 6. The molecule has 1 saturated heterocycles. The van der Waals surface area contributed by atoms with E-state index in [0.717, 1.165) is 0 Å². The van der Waals surface area contributed by atoms with Crippen LogP contribution in [0.2, 0.25) is 0 Å². The van der Waals surface area contributed by atoms with E-state index in [4.69, 9.17) is 16.2 Å². The summed E-state index contributed by atoms with van der Waals surface area (Å²) < 4.78 is 0. The maximum Gasteiger partial charge on any atom is 0.308 e. The first-order valence-corrected chi connectivity index (χ1v) is 3.75. The molecule has 0 aromatic rings. The molecule has 0 aliphatic carbocycles. The third kappa shape index (κ3) is 1.86. The van der Waals surface area contributed by atoms with Gasteiger partial charge in [0.05, 0.1) is 18.1 Å². The minimum absolute atomic E-state index is 0.128. The summed E-state index contributed by atoms with van der Waals surface area (Å²) in [5, 5.41) is 18.0. The minimum atomic E-state index is -1.08. The molecule has 0 bridgehead atoms. The molecule has 14 heavy (non-hydrogen) atoms. The van der Waals surface area contributed by atoms with E-state index in [9.17, 15) is 4.79 Å². The molecule has 0 aromatic heterocycles. The highest BCUT2D eigenvalue weighted by atomic mass is 16.4. The summed E-state index contributed by atoms with van der Waals surface area (Å²) in [6.45, 7) is 0.128. The van der Waals surface area contributed by atoms with Gasteiger partial charge in [0, 0.05) is 16.4 Å². The molecule has 9 nitrogen and oxygen atoms in total. The Bertz CT molecular complexity index is 319. The maximum absolute atomic E-state index is 10.7. The van der Waals surface area contributed by atoms with Gasteiger partial charge in [0.1, 0.15) is 0 Å². The van der Waals surface area contributed by atoms with Crippen LogP contribution in [0.5, 0.6) is 0 Å². The van der Waals surface area contributed by atoms with Crippen LogP contribution in [0.4, 0.5) is 0 Å². The monoisotopic (exact) mass is 197 g/mol. The first-order valence-electron chi connectivity index (χ1n) is 3.75. The fourth-order valence-electron chi connectivity index (χ4n) is 1.31. The lowest BCUT2D eigenvalue weighted by Gasteiger charge is -2.11. The molecule has 0 aromatic carbocycles. The highest BCUT2D eigenvalue weighted by Gasteiger charge is 2.39. The number of nitrogens with one attached hydrogen (secondary N) is 1. The normalized spacial score (nSPS) is 30.1. The van der Waals surface area contributed by atoms with Gasteiger partial charge in [-0.3, -0.25) is 4.79 Å². The fourth-order valence-corrected chi connectivity index (χ4v) is 1.31. The van der Waals surface area contributed by atoms with Gasteiger partial charge < -0.3 is 10.4 Å². The maximum atomic E-state index is 10.7. The van der Waals surface area contributed by atoms with Crippen molar-refractivity contribution in [1.29, 1.82) is 0 Å². The van der Waals surface area contributed by atoms with Gasteiger partial charge >= 0.3 is 5.97 Å². The van der Waals surface area contributed by atoms with E-state index in [2.05, 4.69) is 25.4 Å². The molecule has 0 radical (unpaired) electrons. The largest absolute Gasteiger partial charge is 0.481 e. The molecule has 9 heteroatoms. The lowest BCUT2D eigenvalue weighted by atomic mass is 10.0. The number of hydrogen-bond acceptors (Lipinski definition) is 4. The zero-order valence-corrected chi connectivity index (χ0v) is 6.98. The van der Waals surface area contributed by atoms with E-state index in [-0.39, 0.29) is 6.54 Å². The van der Waals surface area contributed by atoms with Crippen LogP contribution in [0, 0.1) is 5.92 Å². The van der Waals surface area contributed by atoms with Crippen molar-refractivity contribution in [2.75, 3.05) is 6.54 Å². The Morgan fingerprint density at radius 3 is 2.57 bits per heavy atom. The van der Waals surface area contributed by atoms with Crippen molar-refractivity contribution in [2.45, 2.75) is 12.2 Å². The first kappa shape index (κ1) is 10.1. The molecule has 74 valence electrons. The Balaban J connectivity index is 2.89. The Morgan fingerprint density at radius 2 is 2.07 bits per heavy atom. The van der Waals surface area contributed by atoms with E-state index >= 15 is 0 Å². The number of carbonyl (C=O) groups is 1. The molecule has 3 atom stereocenters. The van der Waals surface area contributed by atoms with Gasteiger partial charge in [0.2, 0.25) is 0 Å². The van der Waals surface area contributed by atoms with E-state index in [1.54, 1.807) is 0 Å². The summed E-state index contributed by atoms with van der Waals surface area (Å²) in [7, 11) is 0. The second kappa shape index (κ2) is 4.33. The Morgan fingerprint density at radius 1 is 1.43 bits per heavy atom. The van der Waals surface area contributed by atoms with E-state index in [0.29, 0.717) is 0 Å². The Kier molecular flexibility index (Phi) is 3.14. The van der Waals surface area contributed by atoms with Crippen molar-refractivity contribution in [3.8, 4) is 0 Å². The quantitative estimate of drug-likeness (QED) is 0.387. The average molecular weight is 197 g/mol. The number of rotatable bonds is 3. The summed E-state index contributed by atoms with van der Waals surface area (Å²) in [5.74, 6) is -1.92. The van der Waals surface area contributed by atoms with Crippen LogP contribution in [0.25, 0.3) is 20.9 Å². The number of azide groups is 2. The number of hydrogen-bond donors (Lipinski definition) is 2. The zero-order valence-electron chi connectivity index (χ0n) is 6.98. The molecule has 1 heterocycles. The van der Waals surface area contributed by atoms with Crippen molar-refractivity contribution in [2.24, 2.45) is 16.1 Å². The van der Waals surface area contributed by atoms with E-state index < -0.39 is 24.1 Å². The standard InChI is InChI=1S/C5H7N7O2/c6-11-9-3-2(5(13)14)1-8-4(3)10-12-7/h2-4,8H,1H2,(H,13,14). The topological polar surface area (TPSA) is 147 Å². The highest BCUT2D eigenvalue weighted by molar-refractivity contribution is 5.72. The average Bonchev–Trinajstić information content (AvgIpc) is 2.50. The molecule has 0 spiro atoms. The molecular weight excluding hydrogens is 190 g/mol. The van der Waals surface area contributed by atoms with Gasteiger partial charge in [-0.15, -0.1) is 0 Å². The number of aliphatic carboxylic acids is 1. The predicted octanol–water partition coefficient (Wildman–Crippen LogP) is 0.606. The van der Waals surface area contributed by atoms with E-state index in [1.165, 1.54) is 0 Å². The van der Waals surface area contributed by atoms with Crippen LogP contribution < -0.4 is 5.32 Å². The summed E-state index contributed by atoms with van der Waals surface area (Å²) in [4.78, 5) is 15.7. The van der Waals surface area contributed by atoms with Gasteiger partial charge in [-0.25, -0.2) is 0 Å². The molecule has 1 aliphatic rings. The molecule has 3 unspecified atom stereocenters. The Hall–Kier alpha value is -1.95. The van der Waals surface area contributed by atoms with Crippen molar-refractivity contribution in [3.63, 3.8) is 0 Å². The van der Waals surface area contributed by atoms with Crippen LogP contribution in [-0.4, -0.2) is 29.8 Å². The van der Waals surface area contributed by atoms with Crippen molar-refractivity contribution in [3.05, 3.63) is 20.9 Å². The van der Waals surface area contributed by atoms with Crippen LogP contribution in [0.3, 0.4) is 0 Å². The van der Waals surface area contributed by atoms with Crippen LogP contribution >= 0.6 is 0 Å². The lowest BCUT2D eigenvalue weighted by Crippen LogP contribution is -2.29. The summed E-state index contributed by atoms with van der Waals surface area (Å²) in [5.41, 5.74) is 16.4. The SMILES string of the molecule is [N-]=[N+]=NC1NCC(C(=O)O)C1N=[N+]=[N-]. The summed E-state index contributed by atoms with van der Waals surface area (Å²) in [6, 6.07) is -0.867. The molecule has 0 amide bonds. The van der Waals surface area contributed by atoms with Gasteiger partial charge in [0.15, 0.2) is 0 Å². The van der Waals surface area contributed by atoms with Crippen LogP contribution in [0.15, 0.2) is 10.2 Å². The third-order valence-electron chi connectivity index (χ3n) is 1.96. The second-order valence-corrected chi connectivity index (χ2v) is 2.70. The van der Waals surface area contributed by atoms with E-state index in [1.807, 2.05) is 0 Å². The minimum Gasteiger partial charge on any atom is -0.481 e. The Labute approximate surface area is 78.0 Å². The highest BCUT2D eigenvalue weighted by Crippen LogP contribution is 2.20. The molecular formula is C5H7N7O2. The summed E-state index contributed by atoms with van der Waals surface area (Å²) in [6.07, 6.45) is -0.781. The van der Waals surface area contributed by atoms with Crippen molar-refractivity contribution < 1.29 is 9.90 Å². The molecule has 2 N–H and O–H groups in total. The van der Waals surface area contributed by atoms with Gasteiger partial charge in [0.25, 0.3) is 0 Å². The number of carboxylic acids is 1. The zero-order chi connectivity index (χ0) is 10.6. The molecule has 1 aliphatic heterocycles. The van der Waals surface area contributed by atoms with Crippen LogP contribution in [-0.2, 0) is 4.79 Å². The third-order valence-corrected chi connectivity index (χ3v) is 1.96. The van der Waals surface area contributed by atoms with Gasteiger partial charge in [-0.1, -0.05) is 10.2 Å². The van der Waals surface area contributed by atoms with Crippen molar-refractivity contribution in [1.82, 2.24) is 5.32 Å². The van der Waals surface area contributed by atoms with Crippen molar-refractivity contribution >= 4 is 5.97 Å². The summed E-state index contributed by atoms with van der Waals surface area (Å²) >= 11 is 0. The fraction of sp³-hybridized carbons (Fsp3) is 0.800. The van der Waals surface area contributed by atoms with Gasteiger partial charge in [-0.05, 0) is 11.1 Å². The van der Waals surface area contributed by atoms with Crippen LogP contribution in [0.1, 0.15) is 0 Å². The smallest absolute Gasteiger partial charge is 0.308 e. The molecule has 1 fully saturated rings. The first-order chi connectivity index (χ1) is 6.70. The predicted molar refractivity (Wildman–Crippen MR) is 45.0 cm³/mol. The molecule has 1 rings (SSSR count). The number of carboxylic acid groups (broad SMARTS) is 1. The second-order valence-electron chi connectivity index (χ2n) is 2.70. The van der Waals surface area contributed by atoms with Gasteiger partial charge in [-0.2, -0.15) is 0 Å². The molecule has 0 saturated carbocycles. The lowest BCUT2D eigenvalue weighted by molar-refractivity contribution is -0.141.